The smallest absolute Gasteiger partial charge is 0.142 e. The second kappa shape index (κ2) is 5.16. The molecule has 0 fully saturated rings. The normalized spacial score (nSPS) is 10.2. The molecular formula is C11H9ClN4S. The van der Waals surface area contributed by atoms with Gasteiger partial charge in [0.05, 0.1) is 5.02 Å². The number of amidine groups is 1. The van der Waals surface area contributed by atoms with Gasteiger partial charge >= 0.3 is 0 Å². The lowest BCUT2D eigenvalue weighted by atomic mass is 10.3. The van der Waals surface area contributed by atoms with Gasteiger partial charge in [-0.25, -0.2) is 4.98 Å². The Hall–Kier alpha value is -1.59. The van der Waals surface area contributed by atoms with Crippen molar-refractivity contribution in [2.75, 3.05) is 0 Å². The summed E-state index contributed by atoms with van der Waals surface area (Å²) in [5.74, 6) is -0.0536. The van der Waals surface area contributed by atoms with E-state index in [4.69, 9.17) is 22.7 Å². The van der Waals surface area contributed by atoms with Gasteiger partial charge in [-0.1, -0.05) is 23.4 Å². The van der Waals surface area contributed by atoms with Gasteiger partial charge < -0.3 is 5.73 Å². The number of nitrogens with two attached hydrogens (primary N) is 1. The number of nitrogens with one attached hydrogen (secondary N) is 1. The second-order valence-electron chi connectivity index (χ2n) is 3.18. The molecule has 17 heavy (non-hydrogen) atoms. The summed E-state index contributed by atoms with van der Waals surface area (Å²) in [6, 6.07) is 7.22. The lowest BCUT2D eigenvalue weighted by Crippen LogP contribution is -2.14. The molecule has 0 spiro atoms. The van der Waals surface area contributed by atoms with E-state index in [-0.39, 0.29) is 5.84 Å². The minimum Gasteiger partial charge on any atom is -0.382 e. The monoisotopic (exact) mass is 264 g/mol. The van der Waals surface area contributed by atoms with E-state index in [1.807, 2.05) is 12.1 Å². The van der Waals surface area contributed by atoms with Gasteiger partial charge in [0.15, 0.2) is 0 Å². The molecule has 86 valence electrons. The predicted molar refractivity (Wildman–Crippen MR) is 68.6 cm³/mol. The number of nitrogens with zero attached hydrogens (tertiary/aromatic N) is 2. The molecule has 3 N–H and O–H groups in total. The number of nitrogen functional groups attached to an aromatic ring is 1. The highest BCUT2D eigenvalue weighted by atomic mass is 35.5. The molecule has 6 heteroatoms. The number of halogens is 1. The summed E-state index contributed by atoms with van der Waals surface area (Å²) >= 11 is 7.16. The van der Waals surface area contributed by atoms with Gasteiger partial charge in [-0.3, -0.25) is 10.4 Å². The van der Waals surface area contributed by atoms with Crippen LogP contribution in [0.15, 0.2) is 46.6 Å². The average Bonchev–Trinajstić information content (AvgIpc) is 2.32. The first-order valence-corrected chi connectivity index (χ1v) is 5.95. The number of aromatic nitrogens is 2. The molecule has 0 aliphatic rings. The van der Waals surface area contributed by atoms with E-state index in [9.17, 15) is 0 Å². The van der Waals surface area contributed by atoms with Gasteiger partial charge in [-0.2, -0.15) is 0 Å². The fourth-order valence-electron chi connectivity index (χ4n) is 1.21. The van der Waals surface area contributed by atoms with Crippen LogP contribution in [0, 0.1) is 5.41 Å². The van der Waals surface area contributed by atoms with E-state index in [1.54, 1.807) is 24.5 Å². The second-order valence-corrected chi connectivity index (χ2v) is 4.68. The van der Waals surface area contributed by atoms with Crippen molar-refractivity contribution in [1.82, 2.24) is 9.97 Å². The van der Waals surface area contributed by atoms with Crippen molar-refractivity contribution in [2.24, 2.45) is 5.73 Å². The molecule has 0 aliphatic carbocycles. The van der Waals surface area contributed by atoms with Crippen molar-refractivity contribution < 1.29 is 0 Å². The van der Waals surface area contributed by atoms with Crippen LogP contribution in [0.5, 0.6) is 0 Å². The van der Waals surface area contributed by atoms with Gasteiger partial charge in [0.1, 0.15) is 16.6 Å². The fraction of sp³-hybridized carbons (Fsp3) is 0. The van der Waals surface area contributed by atoms with Crippen LogP contribution in [-0.4, -0.2) is 15.8 Å². The maximum Gasteiger partial charge on any atom is 0.142 e. The third kappa shape index (κ3) is 2.95. The predicted octanol–water partition coefficient (Wildman–Crippen LogP) is 2.57. The van der Waals surface area contributed by atoms with Gasteiger partial charge in [0.25, 0.3) is 0 Å². The van der Waals surface area contributed by atoms with E-state index in [1.165, 1.54) is 11.8 Å². The van der Waals surface area contributed by atoms with Crippen LogP contribution in [0.25, 0.3) is 0 Å². The zero-order valence-corrected chi connectivity index (χ0v) is 10.3. The fourth-order valence-corrected chi connectivity index (χ4v) is 2.20. The number of hydrogen-bond acceptors (Lipinski definition) is 4. The molecular weight excluding hydrogens is 256 g/mol. The first-order chi connectivity index (χ1) is 8.16. The van der Waals surface area contributed by atoms with Crippen molar-refractivity contribution in [2.45, 2.75) is 9.92 Å². The van der Waals surface area contributed by atoms with Crippen LogP contribution < -0.4 is 5.73 Å². The van der Waals surface area contributed by atoms with Crippen molar-refractivity contribution in [3.05, 3.63) is 47.4 Å². The molecule has 0 radical (unpaired) electrons. The van der Waals surface area contributed by atoms with E-state index < -0.39 is 0 Å². The quantitative estimate of drug-likeness (QED) is 0.660. The lowest BCUT2D eigenvalue weighted by molar-refractivity contribution is 1.12. The van der Waals surface area contributed by atoms with Crippen LogP contribution in [0.2, 0.25) is 5.02 Å². The summed E-state index contributed by atoms with van der Waals surface area (Å²) in [6.07, 6.45) is 3.18. The first kappa shape index (κ1) is 11.9. The Morgan fingerprint density at radius 3 is 2.76 bits per heavy atom. The zero-order valence-electron chi connectivity index (χ0n) is 8.72. The van der Waals surface area contributed by atoms with Crippen molar-refractivity contribution in [3.8, 4) is 0 Å². The Bertz CT molecular complexity index is 541. The molecule has 0 saturated carbocycles. The van der Waals surface area contributed by atoms with Crippen LogP contribution in [-0.2, 0) is 0 Å². The van der Waals surface area contributed by atoms with Crippen LogP contribution in [0.1, 0.15) is 5.69 Å². The standard InChI is InChI=1S/C11H9ClN4S/c12-7-3-4-9(16-6-7)17-8-2-1-5-15-10(8)11(13)14/h1-6H,(H3,13,14). The van der Waals surface area contributed by atoms with E-state index in [2.05, 4.69) is 9.97 Å². The minimum absolute atomic E-state index is 0.0536. The summed E-state index contributed by atoms with van der Waals surface area (Å²) in [6.45, 7) is 0. The Balaban J connectivity index is 2.30. The highest BCUT2D eigenvalue weighted by Crippen LogP contribution is 2.28. The molecule has 0 aliphatic heterocycles. The topological polar surface area (TPSA) is 75.7 Å². The molecule has 0 amide bonds. The van der Waals surface area contributed by atoms with Crippen molar-refractivity contribution >= 4 is 29.2 Å². The molecule has 0 aromatic carbocycles. The summed E-state index contributed by atoms with van der Waals surface area (Å²) in [4.78, 5) is 9.03. The largest absolute Gasteiger partial charge is 0.382 e. The van der Waals surface area contributed by atoms with Gasteiger partial charge in [0, 0.05) is 17.3 Å². The molecule has 2 aromatic heterocycles. The van der Waals surface area contributed by atoms with Crippen LogP contribution in [0.3, 0.4) is 0 Å². The third-order valence-electron chi connectivity index (χ3n) is 1.94. The van der Waals surface area contributed by atoms with E-state index in [0.717, 1.165) is 9.92 Å². The highest BCUT2D eigenvalue weighted by molar-refractivity contribution is 7.99. The Morgan fingerprint density at radius 2 is 2.12 bits per heavy atom. The van der Waals surface area contributed by atoms with Crippen molar-refractivity contribution in [1.29, 1.82) is 5.41 Å². The molecule has 2 rings (SSSR count). The molecule has 0 unspecified atom stereocenters. The van der Waals surface area contributed by atoms with E-state index >= 15 is 0 Å². The molecule has 0 atom stereocenters. The number of pyridine rings is 2. The Morgan fingerprint density at radius 1 is 1.29 bits per heavy atom. The highest BCUT2D eigenvalue weighted by Gasteiger charge is 2.08. The summed E-state index contributed by atoms with van der Waals surface area (Å²) in [5.41, 5.74) is 5.93. The van der Waals surface area contributed by atoms with Gasteiger partial charge in [-0.15, -0.1) is 0 Å². The zero-order chi connectivity index (χ0) is 12.3. The lowest BCUT2D eigenvalue weighted by Gasteiger charge is -2.05. The molecule has 0 bridgehead atoms. The van der Waals surface area contributed by atoms with Crippen LogP contribution >= 0.6 is 23.4 Å². The van der Waals surface area contributed by atoms with Gasteiger partial charge in [-0.05, 0) is 24.3 Å². The minimum atomic E-state index is -0.0536. The Labute approximate surface area is 108 Å². The molecule has 4 nitrogen and oxygen atoms in total. The summed E-state index contributed by atoms with van der Waals surface area (Å²) in [7, 11) is 0. The van der Waals surface area contributed by atoms with Crippen LogP contribution in [0.4, 0.5) is 0 Å². The van der Waals surface area contributed by atoms with E-state index in [0.29, 0.717) is 10.7 Å². The third-order valence-corrected chi connectivity index (χ3v) is 3.16. The average molecular weight is 265 g/mol. The molecule has 2 heterocycles. The summed E-state index contributed by atoms with van der Waals surface area (Å²) in [5, 5.41) is 8.81. The molecule has 0 saturated heterocycles. The maximum absolute atomic E-state index is 7.44. The number of hydrogen-bond donors (Lipinski definition) is 2. The first-order valence-electron chi connectivity index (χ1n) is 4.75. The number of rotatable bonds is 3. The summed E-state index contributed by atoms with van der Waals surface area (Å²) < 4.78 is 0. The molecule has 2 aromatic rings. The SMILES string of the molecule is N=C(N)c1ncccc1Sc1ccc(Cl)cn1. The maximum atomic E-state index is 7.44. The Kier molecular flexibility index (Phi) is 3.61. The van der Waals surface area contributed by atoms with Gasteiger partial charge in [0.2, 0.25) is 0 Å². The van der Waals surface area contributed by atoms with Crippen molar-refractivity contribution in [3.63, 3.8) is 0 Å².